The lowest BCUT2D eigenvalue weighted by atomic mass is 10.2. The third-order valence-corrected chi connectivity index (χ3v) is 3.05. The van der Waals surface area contributed by atoms with E-state index in [9.17, 15) is 13.2 Å². The molecule has 1 heterocycles. The molecular formula is C10H10F3N3S. The number of aromatic amines is 1. The average Bonchev–Trinajstić information content (AvgIpc) is 2.66. The van der Waals surface area contributed by atoms with Gasteiger partial charge >= 0.3 is 6.18 Å². The number of benzene rings is 1. The second-order valence-electron chi connectivity index (χ2n) is 3.41. The molecule has 0 amide bonds. The van der Waals surface area contributed by atoms with E-state index in [0.717, 1.165) is 12.1 Å². The standard InChI is InChI=1S/C10H10F3N3S/c11-10(12,13)6-1-2-7-8(5-6)16-9(15-7)17-4-3-14/h1-2,5H,3-4,14H2,(H,15,16). The summed E-state index contributed by atoms with van der Waals surface area (Å²) in [7, 11) is 0. The van der Waals surface area contributed by atoms with Crippen LogP contribution in [0.4, 0.5) is 13.2 Å². The van der Waals surface area contributed by atoms with Gasteiger partial charge in [0.1, 0.15) is 0 Å². The molecule has 0 radical (unpaired) electrons. The van der Waals surface area contributed by atoms with Crippen LogP contribution in [0.25, 0.3) is 11.0 Å². The summed E-state index contributed by atoms with van der Waals surface area (Å²) >= 11 is 1.39. The Balaban J connectivity index is 2.34. The zero-order chi connectivity index (χ0) is 12.5. The molecule has 0 aliphatic heterocycles. The molecule has 3 nitrogen and oxygen atoms in total. The third-order valence-electron chi connectivity index (χ3n) is 2.14. The zero-order valence-electron chi connectivity index (χ0n) is 8.71. The Kier molecular flexibility index (Phi) is 3.30. The lowest BCUT2D eigenvalue weighted by Gasteiger charge is -2.05. The first kappa shape index (κ1) is 12.3. The van der Waals surface area contributed by atoms with Gasteiger partial charge in [-0.25, -0.2) is 4.98 Å². The van der Waals surface area contributed by atoms with Crippen molar-refractivity contribution in [1.29, 1.82) is 0 Å². The molecule has 1 aromatic carbocycles. The van der Waals surface area contributed by atoms with Crippen LogP contribution >= 0.6 is 11.8 Å². The fourth-order valence-electron chi connectivity index (χ4n) is 1.39. The molecule has 0 unspecified atom stereocenters. The number of halogens is 3. The van der Waals surface area contributed by atoms with Crippen LogP contribution in [0.2, 0.25) is 0 Å². The number of rotatable bonds is 3. The molecule has 92 valence electrons. The maximum atomic E-state index is 12.5. The Labute approximate surface area is 99.6 Å². The molecule has 7 heteroatoms. The van der Waals surface area contributed by atoms with Crippen LogP contribution < -0.4 is 5.73 Å². The summed E-state index contributed by atoms with van der Waals surface area (Å²) < 4.78 is 37.4. The van der Waals surface area contributed by atoms with E-state index >= 15 is 0 Å². The van der Waals surface area contributed by atoms with E-state index in [4.69, 9.17) is 5.73 Å². The maximum absolute atomic E-state index is 12.5. The van der Waals surface area contributed by atoms with Gasteiger partial charge in [0.25, 0.3) is 0 Å². The topological polar surface area (TPSA) is 54.7 Å². The predicted molar refractivity (Wildman–Crippen MR) is 60.9 cm³/mol. The van der Waals surface area contributed by atoms with Gasteiger partial charge in [-0.2, -0.15) is 13.2 Å². The van der Waals surface area contributed by atoms with Gasteiger partial charge in [-0.3, -0.25) is 0 Å². The van der Waals surface area contributed by atoms with Crippen molar-refractivity contribution in [2.75, 3.05) is 12.3 Å². The third kappa shape index (κ3) is 2.73. The summed E-state index contributed by atoms with van der Waals surface area (Å²) in [6, 6.07) is 3.45. The lowest BCUT2D eigenvalue weighted by Crippen LogP contribution is -2.04. The van der Waals surface area contributed by atoms with E-state index < -0.39 is 11.7 Å². The fourth-order valence-corrected chi connectivity index (χ4v) is 2.04. The van der Waals surface area contributed by atoms with Crippen molar-refractivity contribution in [3.05, 3.63) is 23.8 Å². The van der Waals surface area contributed by atoms with Crippen LogP contribution in [0.1, 0.15) is 5.56 Å². The smallest absolute Gasteiger partial charge is 0.333 e. The van der Waals surface area contributed by atoms with Gasteiger partial charge in [-0.05, 0) is 18.2 Å². The van der Waals surface area contributed by atoms with Crippen molar-refractivity contribution in [2.24, 2.45) is 5.73 Å². The number of nitrogens with one attached hydrogen (secondary N) is 1. The average molecular weight is 261 g/mol. The summed E-state index contributed by atoms with van der Waals surface area (Å²) in [5.41, 5.74) is 5.58. The maximum Gasteiger partial charge on any atom is 0.416 e. The number of aromatic nitrogens is 2. The molecule has 0 saturated carbocycles. The molecule has 2 rings (SSSR count). The number of nitrogens with two attached hydrogens (primary N) is 1. The molecule has 2 aromatic rings. The van der Waals surface area contributed by atoms with Crippen molar-refractivity contribution in [1.82, 2.24) is 9.97 Å². The number of hydrogen-bond acceptors (Lipinski definition) is 3. The van der Waals surface area contributed by atoms with E-state index in [1.807, 2.05) is 0 Å². The van der Waals surface area contributed by atoms with Crippen LogP contribution in [0, 0.1) is 0 Å². The summed E-state index contributed by atoms with van der Waals surface area (Å²) in [4.78, 5) is 7.00. The van der Waals surface area contributed by atoms with E-state index in [1.165, 1.54) is 17.8 Å². The Hall–Kier alpha value is -1.21. The number of nitrogens with zero attached hydrogens (tertiary/aromatic N) is 1. The van der Waals surface area contributed by atoms with Crippen molar-refractivity contribution in [3.63, 3.8) is 0 Å². The molecule has 0 aliphatic carbocycles. The second-order valence-corrected chi connectivity index (χ2v) is 4.49. The SMILES string of the molecule is NCCSc1nc2ccc(C(F)(F)F)cc2[nH]1. The number of hydrogen-bond donors (Lipinski definition) is 2. The van der Waals surface area contributed by atoms with Gasteiger partial charge in [-0.15, -0.1) is 0 Å². The Morgan fingerprint density at radius 3 is 2.76 bits per heavy atom. The number of alkyl halides is 3. The molecule has 0 spiro atoms. The minimum Gasteiger partial charge on any atom is -0.333 e. The fraction of sp³-hybridized carbons (Fsp3) is 0.300. The van der Waals surface area contributed by atoms with Gasteiger partial charge in [0.05, 0.1) is 16.6 Å². The van der Waals surface area contributed by atoms with E-state index in [2.05, 4.69) is 9.97 Å². The van der Waals surface area contributed by atoms with E-state index in [0.29, 0.717) is 28.5 Å². The molecular weight excluding hydrogens is 251 g/mol. The molecule has 17 heavy (non-hydrogen) atoms. The molecule has 0 saturated heterocycles. The van der Waals surface area contributed by atoms with E-state index in [-0.39, 0.29) is 0 Å². The summed E-state index contributed by atoms with van der Waals surface area (Å²) in [6.45, 7) is 0.496. The Bertz CT molecular complexity index is 521. The first-order valence-electron chi connectivity index (χ1n) is 4.90. The van der Waals surface area contributed by atoms with Crippen molar-refractivity contribution < 1.29 is 13.2 Å². The van der Waals surface area contributed by atoms with Crippen molar-refractivity contribution in [3.8, 4) is 0 Å². The zero-order valence-corrected chi connectivity index (χ0v) is 9.53. The summed E-state index contributed by atoms with van der Waals surface area (Å²) in [5.74, 6) is 0.673. The van der Waals surface area contributed by atoms with Crippen LogP contribution in [0.3, 0.4) is 0 Å². The molecule has 0 aliphatic rings. The van der Waals surface area contributed by atoms with Gasteiger partial charge in [0, 0.05) is 12.3 Å². The molecule has 0 fully saturated rings. The second kappa shape index (κ2) is 4.58. The first-order valence-corrected chi connectivity index (χ1v) is 5.89. The van der Waals surface area contributed by atoms with Gasteiger partial charge in [-0.1, -0.05) is 11.8 Å². The summed E-state index contributed by atoms with van der Waals surface area (Å²) in [6.07, 6.45) is -4.33. The minimum absolute atomic E-state index is 0.388. The lowest BCUT2D eigenvalue weighted by molar-refractivity contribution is -0.137. The normalized spacial score (nSPS) is 12.2. The van der Waals surface area contributed by atoms with Gasteiger partial charge in [0.15, 0.2) is 5.16 Å². The Morgan fingerprint density at radius 1 is 1.35 bits per heavy atom. The number of fused-ring (bicyclic) bond motifs is 1. The van der Waals surface area contributed by atoms with Crippen molar-refractivity contribution in [2.45, 2.75) is 11.3 Å². The van der Waals surface area contributed by atoms with Crippen molar-refractivity contribution >= 4 is 22.8 Å². The first-order chi connectivity index (χ1) is 8.00. The molecule has 1 aromatic heterocycles. The highest BCUT2D eigenvalue weighted by Crippen LogP contribution is 2.31. The van der Waals surface area contributed by atoms with Crippen LogP contribution in [-0.4, -0.2) is 22.3 Å². The number of thioether (sulfide) groups is 1. The predicted octanol–water partition coefficient (Wildman–Crippen LogP) is 2.63. The van der Waals surface area contributed by atoms with Crippen LogP contribution in [-0.2, 0) is 6.18 Å². The highest BCUT2D eigenvalue weighted by Gasteiger charge is 2.30. The highest BCUT2D eigenvalue weighted by atomic mass is 32.2. The highest BCUT2D eigenvalue weighted by molar-refractivity contribution is 7.99. The van der Waals surface area contributed by atoms with E-state index in [1.54, 1.807) is 0 Å². The minimum atomic E-state index is -4.33. The molecule has 0 atom stereocenters. The van der Waals surface area contributed by atoms with Crippen LogP contribution in [0.15, 0.2) is 23.4 Å². The summed E-state index contributed by atoms with van der Waals surface area (Å²) in [5, 5.41) is 0.588. The van der Waals surface area contributed by atoms with Gasteiger partial charge < -0.3 is 10.7 Å². The molecule has 0 bridgehead atoms. The van der Waals surface area contributed by atoms with Gasteiger partial charge in [0.2, 0.25) is 0 Å². The largest absolute Gasteiger partial charge is 0.416 e. The number of H-pyrrole nitrogens is 1. The molecule has 3 N–H and O–H groups in total. The quantitative estimate of drug-likeness (QED) is 0.835. The number of imidazole rings is 1. The Morgan fingerprint density at radius 2 is 2.12 bits per heavy atom. The monoisotopic (exact) mass is 261 g/mol. The van der Waals surface area contributed by atoms with Crippen LogP contribution in [0.5, 0.6) is 0 Å².